The minimum atomic E-state index is 0.201. The first-order valence-electron chi connectivity index (χ1n) is 6.81. The number of hydrogen-bond acceptors (Lipinski definition) is 2. The molecule has 0 radical (unpaired) electrons. The highest BCUT2D eigenvalue weighted by Gasteiger charge is 2.15. The van der Waals surface area contributed by atoms with Crippen LogP contribution in [-0.4, -0.2) is 14.2 Å². The molecule has 1 atom stereocenters. The first-order valence-corrected chi connectivity index (χ1v) is 7.98. The zero-order valence-corrected chi connectivity index (χ0v) is 14.8. The van der Waals surface area contributed by atoms with Gasteiger partial charge in [-0.25, -0.2) is 0 Å². The SMILES string of the molecule is CNC(Cc1cc(OC)ccc1Br)c1cccc(Cl)c1C. The highest BCUT2D eigenvalue weighted by molar-refractivity contribution is 9.10. The van der Waals surface area contributed by atoms with Crippen molar-refractivity contribution in [1.29, 1.82) is 0 Å². The minimum absolute atomic E-state index is 0.201. The number of ether oxygens (including phenoxy) is 1. The van der Waals surface area contributed by atoms with Crippen molar-refractivity contribution in [2.45, 2.75) is 19.4 Å². The van der Waals surface area contributed by atoms with Gasteiger partial charge in [-0.15, -0.1) is 0 Å². The van der Waals surface area contributed by atoms with Crippen LogP contribution in [0, 0.1) is 6.92 Å². The summed E-state index contributed by atoms with van der Waals surface area (Å²) in [5.41, 5.74) is 3.55. The topological polar surface area (TPSA) is 21.3 Å². The maximum Gasteiger partial charge on any atom is 0.119 e. The number of methoxy groups -OCH3 is 1. The van der Waals surface area contributed by atoms with Crippen LogP contribution in [0.3, 0.4) is 0 Å². The highest BCUT2D eigenvalue weighted by Crippen LogP contribution is 2.30. The van der Waals surface area contributed by atoms with Crippen LogP contribution in [0.15, 0.2) is 40.9 Å². The average molecular weight is 369 g/mol. The predicted molar refractivity (Wildman–Crippen MR) is 92.4 cm³/mol. The Kier molecular flexibility index (Phi) is 5.68. The van der Waals surface area contributed by atoms with Gasteiger partial charge in [0.15, 0.2) is 0 Å². The van der Waals surface area contributed by atoms with Crippen molar-refractivity contribution >= 4 is 27.5 Å². The smallest absolute Gasteiger partial charge is 0.119 e. The molecule has 0 amide bonds. The molecule has 0 saturated heterocycles. The molecule has 0 aliphatic rings. The van der Waals surface area contributed by atoms with E-state index in [1.165, 1.54) is 11.1 Å². The van der Waals surface area contributed by atoms with E-state index in [9.17, 15) is 0 Å². The molecule has 2 aromatic rings. The molecule has 0 fully saturated rings. The quantitative estimate of drug-likeness (QED) is 0.808. The predicted octanol–water partition coefficient (Wildman–Crippen LogP) is 4.92. The summed E-state index contributed by atoms with van der Waals surface area (Å²) in [7, 11) is 3.66. The van der Waals surface area contributed by atoms with Gasteiger partial charge >= 0.3 is 0 Å². The van der Waals surface area contributed by atoms with E-state index in [-0.39, 0.29) is 6.04 Å². The first-order chi connectivity index (χ1) is 10.1. The van der Waals surface area contributed by atoms with E-state index in [0.29, 0.717) is 0 Å². The van der Waals surface area contributed by atoms with E-state index in [4.69, 9.17) is 16.3 Å². The summed E-state index contributed by atoms with van der Waals surface area (Å²) in [5, 5.41) is 4.18. The molecule has 0 aliphatic heterocycles. The zero-order valence-electron chi connectivity index (χ0n) is 12.4. The molecule has 0 spiro atoms. The van der Waals surface area contributed by atoms with Crippen LogP contribution < -0.4 is 10.1 Å². The molecule has 1 unspecified atom stereocenters. The Morgan fingerprint density at radius 2 is 2.05 bits per heavy atom. The summed E-state index contributed by atoms with van der Waals surface area (Å²) in [4.78, 5) is 0. The molecule has 2 rings (SSSR count). The molecule has 2 aromatic carbocycles. The number of halogens is 2. The van der Waals surface area contributed by atoms with Gasteiger partial charge in [-0.3, -0.25) is 0 Å². The third-order valence-corrected chi connectivity index (χ3v) is 4.89. The third kappa shape index (κ3) is 3.79. The molecule has 0 aliphatic carbocycles. The Morgan fingerprint density at radius 1 is 1.29 bits per heavy atom. The van der Waals surface area contributed by atoms with Gasteiger partial charge in [0.25, 0.3) is 0 Å². The molecule has 2 nitrogen and oxygen atoms in total. The third-order valence-electron chi connectivity index (χ3n) is 3.71. The monoisotopic (exact) mass is 367 g/mol. The Bertz CT molecular complexity index is 630. The summed E-state index contributed by atoms with van der Waals surface area (Å²) in [6.07, 6.45) is 0.857. The molecule has 0 saturated carbocycles. The van der Waals surface area contributed by atoms with E-state index in [0.717, 1.165) is 27.2 Å². The van der Waals surface area contributed by atoms with Gasteiger partial charge in [0.2, 0.25) is 0 Å². The largest absolute Gasteiger partial charge is 0.497 e. The normalized spacial score (nSPS) is 12.2. The standard InChI is InChI=1S/C17H19BrClNO/c1-11-14(5-4-6-16(11)19)17(20-2)10-12-9-13(21-3)7-8-15(12)18/h4-9,17,20H,10H2,1-3H3. The molecule has 0 bridgehead atoms. The summed E-state index contributed by atoms with van der Waals surface area (Å²) in [5.74, 6) is 0.867. The lowest BCUT2D eigenvalue weighted by molar-refractivity contribution is 0.414. The van der Waals surface area contributed by atoms with E-state index >= 15 is 0 Å². The molecule has 21 heavy (non-hydrogen) atoms. The second-order valence-electron chi connectivity index (χ2n) is 4.96. The second kappa shape index (κ2) is 7.30. The van der Waals surface area contributed by atoms with Crippen LogP contribution in [0.4, 0.5) is 0 Å². The van der Waals surface area contributed by atoms with Gasteiger partial charge in [-0.2, -0.15) is 0 Å². The number of hydrogen-bond donors (Lipinski definition) is 1. The van der Waals surface area contributed by atoms with Crippen LogP contribution in [0.25, 0.3) is 0 Å². The fraction of sp³-hybridized carbons (Fsp3) is 0.294. The summed E-state index contributed by atoms with van der Waals surface area (Å²) in [6, 6.07) is 12.3. The molecule has 4 heteroatoms. The molecular weight excluding hydrogens is 350 g/mol. The molecule has 0 aromatic heterocycles. The Balaban J connectivity index is 2.33. The van der Waals surface area contributed by atoms with E-state index in [1.54, 1.807) is 7.11 Å². The number of rotatable bonds is 5. The van der Waals surface area contributed by atoms with E-state index in [1.807, 2.05) is 31.3 Å². The van der Waals surface area contributed by atoms with Crippen molar-refractivity contribution in [1.82, 2.24) is 5.32 Å². The van der Waals surface area contributed by atoms with Crippen LogP contribution in [0.5, 0.6) is 5.75 Å². The summed E-state index contributed by atoms with van der Waals surface area (Å²) < 4.78 is 6.40. The van der Waals surface area contributed by atoms with Crippen molar-refractivity contribution in [3.63, 3.8) is 0 Å². The lowest BCUT2D eigenvalue weighted by Crippen LogP contribution is -2.20. The number of likely N-dealkylation sites (N-methyl/N-ethyl adjacent to an activating group) is 1. The van der Waals surface area contributed by atoms with E-state index in [2.05, 4.69) is 40.3 Å². The highest BCUT2D eigenvalue weighted by atomic mass is 79.9. The maximum atomic E-state index is 6.24. The van der Waals surface area contributed by atoms with Crippen LogP contribution >= 0.6 is 27.5 Å². The lowest BCUT2D eigenvalue weighted by Gasteiger charge is -2.20. The summed E-state index contributed by atoms with van der Waals surface area (Å²) >= 11 is 9.85. The van der Waals surface area contributed by atoms with Crippen molar-refractivity contribution < 1.29 is 4.74 Å². The number of benzene rings is 2. The van der Waals surface area contributed by atoms with Crippen molar-refractivity contribution in [2.75, 3.05) is 14.2 Å². The van der Waals surface area contributed by atoms with Gasteiger partial charge in [0.05, 0.1) is 7.11 Å². The van der Waals surface area contributed by atoms with E-state index < -0.39 is 0 Å². The van der Waals surface area contributed by atoms with Gasteiger partial charge in [-0.1, -0.05) is 39.7 Å². The summed E-state index contributed by atoms with van der Waals surface area (Å²) in [6.45, 7) is 2.06. The van der Waals surface area contributed by atoms with Crippen molar-refractivity contribution in [3.05, 3.63) is 62.6 Å². The lowest BCUT2D eigenvalue weighted by atomic mass is 9.95. The van der Waals surface area contributed by atoms with Gasteiger partial charge < -0.3 is 10.1 Å². The molecule has 1 N–H and O–H groups in total. The van der Waals surface area contributed by atoms with Crippen molar-refractivity contribution in [2.24, 2.45) is 0 Å². The van der Waals surface area contributed by atoms with Crippen LogP contribution in [0.1, 0.15) is 22.7 Å². The fourth-order valence-corrected chi connectivity index (χ4v) is 3.01. The maximum absolute atomic E-state index is 6.24. The van der Waals surface area contributed by atoms with Gasteiger partial charge in [0, 0.05) is 15.5 Å². The molecule has 112 valence electrons. The molecule has 0 heterocycles. The first kappa shape index (κ1) is 16.3. The van der Waals surface area contributed by atoms with Crippen molar-refractivity contribution in [3.8, 4) is 5.75 Å². The van der Waals surface area contributed by atoms with Gasteiger partial charge in [0.1, 0.15) is 5.75 Å². The van der Waals surface area contributed by atoms with Crippen LogP contribution in [0.2, 0.25) is 5.02 Å². The minimum Gasteiger partial charge on any atom is -0.497 e. The van der Waals surface area contributed by atoms with Crippen LogP contribution in [-0.2, 0) is 6.42 Å². The average Bonchev–Trinajstić information content (AvgIpc) is 2.49. The Hall–Kier alpha value is -1.03. The Morgan fingerprint density at radius 3 is 2.71 bits per heavy atom. The second-order valence-corrected chi connectivity index (χ2v) is 6.22. The number of nitrogens with one attached hydrogen (secondary N) is 1. The molecular formula is C17H19BrClNO. The Labute approximate surface area is 139 Å². The zero-order chi connectivity index (χ0) is 15.4. The van der Waals surface area contributed by atoms with Gasteiger partial charge in [-0.05, 0) is 61.3 Å². The fourth-order valence-electron chi connectivity index (χ4n) is 2.42.